The van der Waals surface area contributed by atoms with Crippen LogP contribution >= 0.6 is 22.9 Å². The number of esters is 1. The third kappa shape index (κ3) is 4.45. The van der Waals surface area contributed by atoms with Gasteiger partial charge in [0, 0.05) is 17.6 Å². The number of hydrogen-bond donors (Lipinski definition) is 0. The zero-order valence-electron chi connectivity index (χ0n) is 15.4. The van der Waals surface area contributed by atoms with Crippen molar-refractivity contribution in [1.82, 2.24) is 9.38 Å². The maximum absolute atomic E-state index is 12.5. The Morgan fingerprint density at radius 3 is 2.82 bits per heavy atom. The predicted octanol–water partition coefficient (Wildman–Crippen LogP) is 3.95. The van der Waals surface area contributed by atoms with Gasteiger partial charge in [-0.25, -0.2) is 9.78 Å². The summed E-state index contributed by atoms with van der Waals surface area (Å²) in [4.78, 5) is 29.3. The molecule has 0 saturated heterocycles. The lowest BCUT2D eigenvalue weighted by Gasteiger charge is -2.14. The number of fused-ring (bicyclic) bond motifs is 1. The second-order valence-electron chi connectivity index (χ2n) is 5.78. The summed E-state index contributed by atoms with van der Waals surface area (Å²) in [5.41, 5.74) is 0.377. The lowest BCUT2D eigenvalue weighted by Crippen LogP contribution is -2.14. The van der Waals surface area contributed by atoms with Crippen molar-refractivity contribution in [2.45, 2.75) is 26.9 Å². The number of halogens is 1. The molecule has 0 aliphatic rings. The van der Waals surface area contributed by atoms with E-state index in [0.29, 0.717) is 35.4 Å². The van der Waals surface area contributed by atoms with E-state index < -0.39 is 5.97 Å². The van der Waals surface area contributed by atoms with Gasteiger partial charge in [-0.05, 0) is 25.5 Å². The largest absolute Gasteiger partial charge is 0.490 e. The second-order valence-corrected chi connectivity index (χ2v) is 7.06. The van der Waals surface area contributed by atoms with Crippen molar-refractivity contribution in [2.24, 2.45) is 0 Å². The van der Waals surface area contributed by atoms with Crippen LogP contribution < -0.4 is 15.0 Å². The molecule has 0 bridgehead atoms. The first-order valence-corrected chi connectivity index (χ1v) is 10.0. The highest BCUT2D eigenvalue weighted by atomic mass is 35.5. The molecule has 0 unspecified atom stereocenters. The summed E-state index contributed by atoms with van der Waals surface area (Å²) >= 11 is 7.60. The van der Waals surface area contributed by atoms with Crippen LogP contribution in [0.5, 0.6) is 11.5 Å². The summed E-state index contributed by atoms with van der Waals surface area (Å²) in [7, 11) is 0. The van der Waals surface area contributed by atoms with Gasteiger partial charge in [-0.2, -0.15) is 0 Å². The van der Waals surface area contributed by atoms with Gasteiger partial charge in [0.15, 0.2) is 16.5 Å². The zero-order chi connectivity index (χ0) is 20.1. The number of thiazole rings is 1. The summed E-state index contributed by atoms with van der Waals surface area (Å²) in [6.07, 6.45) is 2.46. The Morgan fingerprint density at radius 2 is 2.07 bits per heavy atom. The van der Waals surface area contributed by atoms with E-state index in [1.54, 1.807) is 11.6 Å². The van der Waals surface area contributed by atoms with Gasteiger partial charge in [0.2, 0.25) is 0 Å². The summed E-state index contributed by atoms with van der Waals surface area (Å²) in [6.45, 7) is 4.56. The van der Waals surface area contributed by atoms with Gasteiger partial charge in [0.25, 0.3) is 5.56 Å². The van der Waals surface area contributed by atoms with Crippen molar-refractivity contribution in [3.8, 4) is 11.5 Å². The van der Waals surface area contributed by atoms with Crippen LogP contribution in [0.4, 0.5) is 0 Å². The molecule has 3 rings (SSSR count). The number of nitrogens with zero attached hydrogens (tertiary/aromatic N) is 2. The van der Waals surface area contributed by atoms with E-state index in [0.717, 1.165) is 6.42 Å². The molecule has 0 saturated carbocycles. The van der Waals surface area contributed by atoms with Gasteiger partial charge in [-0.1, -0.05) is 18.5 Å². The fraction of sp³-hybridized carbons (Fsp3) is 0.316. The molecular weight excluding hydrogens is 404 g/mol. The lowest BCUT2D eigenvalue weighted by molar-refractivity contribution is 0.0467. The molecule has 0 fully saturated rings. The Bertz CT molecular complexity index is 1050. The van der Waals surface area contributed by atoms with E-state index in [1.807, 2.05) is 13.8 Å². The third-order valence-corrected chi connectivity index (χ3v) is 4.74. The number of rotatable bonds is 8. The SMILES string of the molecule is CCCOc1c(Cl)cc(C(=O)OCc2cc(=O)n3ccsc3n2)cc1OCC. The van der Waals surface area contributed by atoms with Gasteiger partial charge >= 0.3 is 5.97 Å². The van der Waals surface area contributed by atoms with E-state index in [2.05, 4.69) is 4.98 Å². The predicted molar refractivity (Wildman–Crippen MR) is 107 cm³/mol. The molecule has 0 atom stereocenters. The van der Waals surface area contributed by atoms with Crippen LogP contribution in [0.3, 0.4) is 0 Å². The molecule has 28 heavy (non-hydrogen) atoms. The number of aromatic nitrogens is 2. The lowest BCUT2D eigenvalue weighted by atomic mass is 10.2. The summed E-state index contributed by atoms with van der Waals surface area (Å²) < 4.78 is 17.9. The fourth-order valence-corrected chi connectivity index (χ4v) is 3.48. The van der Waals surface area contributed by atoms with E-state index in [1.165, 1.54) is 33.9 Å². The van der Waals surface area contributed by atoms with Gasteiger partial charge in [-0.15, -0.1) is 11.3 Å². The number of carbonyl (C=O) groups excluding carboxylic acids is 1. The van der Waals surface area contributed by atoms with E-state index in [-0.39, 0.29) is 22.8 Å². The van der Waals surface area contributed by atoms with Crippen LogP contribution in [0.1, 0.15) is 36.3 Å². The maximum Gasteiger partial charge on any atom is 0.338 e. The zero-order valence-corrected chi connectivity index (χ0v) is 17.0. The van der Waals surface area contributed by atoms with Gasteiger partial charge in [0.1, 0.15) is 6.61 Å². The Kier molecular flexibility index (Phi) is 6.53. The van der Waals surface area contributed by atoms with Crippen molar-refractivity contribution >= 4 is 33.9 Å². The molecular formula is C19H19ClN2O5S. The first-order valence-electron chi connectivity index (χ1n) is 8.75. The first-order chi connectivity index (χ1) is 13.5. The monoisotopic (exact) mass is 422 g/mol. The minimum Gasteiger partial charge on any atom is -0.490 e. The third-order valence-electron chi connectivity index (χ3n) is 3.70. The van der Waals surface area contributed by atoms with Gasteiger partial charge in [-0.3, -0.25) is 9.20 Å². The molecule has 2 aromatic heterocycles. The highest BCUT2D eigenvalue weighted by molar-refractivity contribution is 7.15. The van der Waals surface area contributed by atoms with Crippen molar-refractivity contribution in [1.29, 1.82) is 0 Å². The standard InChI is InChI=1S/C19H19ClN2O5S/c1-3-6-26-17-14(20)8-12(9-15(17)25-4-2)18(24)27-11-13-10-16(23)22-5-7-28-19(22)21-13/h5,7-10H,3-4,6,11H2,1-2H3. The molecule has 0 radical (unpaired) electrons. The van der Waals surface area contributed by atoms with Crippen LogP contribution in [-0.4, -0.2) is 28.6 Å². The second kappa shape index (κ2) is 9.07. The first kappa shape index (κ1) is 20.2. The van der Waals surface area contributed by atoms with E-state index in [9.17, 15) is 9.59 Å². The van der Waals surface area contributed by atoms with Gasteiger partial charge in [0.05, 0.1) is 29.5 Å². The summed E-state index contributed by atoms with van der Waals surface area (Å²) in [5, 5.41) is 2.03. The van der Waals surface area contributed by atoms with Crippen molar-refractivity contribution in [3.63, 3.8) is 0 Å². The van der Waals surface area contributed by atoms with E-state index >= 15 is 0 Å². The number of hydrogen-bond acceptors (Lipinski definition) is 7. The minimum absolute atomic E-state index is 0.127. The van der Waals surface area contributed by atoms with E-state index in [4.69, 9.17) is 25.8 Å². The molecule has 0 N–H and O–H groups in total. The average molecular weight is 423 g/mol. The van der Waals surface area contributed by atoms with Crippen molar-refractivity contribution < 1.29 is 19.0 Å². The number of ether oxygens (including phenoxy) is 3. The minimum atomic E-state index is -0.599. The quantitative estimate of drug-likeness (QED) is 0.511. The highest BCUT2D eigenvalue weighted by Gasteiger charge is 2.18. The molecule has 7 nitrogen and oxygen atoms in total. The molecule has 148 valence electrons. The highest BCUT2D eigenvalue weighted by Crippen LogP contribution is 2.37. The Labute approximate surface area is 170 Å². The Morgan fingerprint density at radius 1 is 1.25 bits per heavy atom. The Hall–Kier alpha value is -2.58. The van der Waals surface area contributed by atoms with Crippen LogP contribution in [0.15, 0.2) is 34.6 Å². The molecule has 0 aliphatic carbocycles. The van der Waals surface area contributed by atoms with Crippen LogP contribution in [0, 0.1) is 0 Å². The van der Waals surface area contributed by atoms with Gasteiger partial charge < -0.3 is 14.2 Å². The summed E-state index contributed by atoms with van der Waals surface area (Å²) in [6, 6.07) is 4.35. The fourth-order valence-electron chi connectivity index (χ4n) is 2.48. The normalized spacial score (nSPS) is 10.8. The molecule has 9 heteroatoms. The van der Waals surface area contributed by atoms with Crippen LogP contribution in [0.2, 0.25) is 5.02 Å². The van der Waals surface area contributed by atoms with Crippen molar-refractivity contribution in [3.05, 3.63) is 56.4 Å². The van der Waals surface area contributed by atoms with Crippen LogP contribution in [0.25, 0.3) is 4.96 Å². The van der Waals surface area contributed by atoms with Crippen LogP contribution in [-0.2, 0) is 11.3 Å². The molecule has 0 amide bonds. The topological polar surface area (TPSA) is 79.1 Å². The molecule has 2 heterocycles. The summed E-state index contributed by atoms with van der Waals surface area (Å²) in [5.74, 6) is 0.185. The number of benzene rings is 1. The molecule has 3 aromatic rings. The molecule has 1 aromatic carbocycles. The smallest absolute Gasteiger partial charge is 0.338 e. The maximum atomic E-state index is 12.5. The number of carbonyl (C=O) groups is 1. The van der Waals surface area contributed by atoms with Crippen molar-refractivity contribution in [2.75, 3.05) is 13.2 Å². The average Bonchev–Trinajstić information content (AvgIpc) is 3.15. The molecule has 0 spiro atoms. The molecule has 0 aliphatic heterocycles. The Balaban J connectivity index is 1.78.